The van der Waals surface area contributed by atoms with Gasteiger partial charge in [0.2, 0.25) is 5.91 Å². The second-order valence-corrected chi connectivity index (χ2v) is 6.07. The van der Waals surface area contributed by atoms with Crippen LogP contribution in [0.5, 0.6) is 0 Å². The largest absolute Gasteiger partial charge is 0.768 e. The average Bonchev–Trinajstić information content (AvgIpc) is 2.94. The Balaban J connectivity index is 2.38. The lowest BCUT2D eigenvalue weighted by atomic mass is 10.1. The molecule has 0 aliphatic rings. The third-order valence-corrected chi connectivity index (χ3v) is 3.94. The number of amides is 1. The Bertz CT molecular complexity index is 787. The molecule has 1 atom stereocenters. The summed E-state index contributed by atoms with van der Waals surface area (Å²) in [5.41, 5.74) is -0.749. The van der Waals surface area contributed by atoms with E-state index in [0.29, 0.717) is 5.56 Å². The highest BCUT2D eigenvalue weighted by Gasteiger charge is 2.34. The Hall–Kier alpha value is -2.20. The van der Waals surface area contributed by atoms with Crippen molar-refractivity contribution in [2.75, 3.05) is 14.1 Å². The number of hydrogen-bond donors (Lipinski definition) is 0. The third kappa shape index (κ3) is 4.01. The van der Waals surface area contributed by atoms with Crippen LogP contribution in [0.15, 0.2) is 35.5 Å². The second-order valence-electron chi connectivity index (χ2n) is 5.16. The molecule has 1 amide bonds. The van der Waals surface area contributed by atoms with Gasteiger partial charge < -0.3 is 9.45 Å². The molecule has 1 aromatic heterocycles. The van der Waals surface area contributed by atoms with E-state index in [0.717, 1.165) is 12.1 Å². The van der Waals surface area contributed by atoms with Crippen molar-refractivity contribution >= 4 is 17.0 Å². The highest BCUT2D eigenvalue weighted by Crippen LogP contribution is 2.36. The van der Waals surface area contributed by atoms with Crippen molar-refractivity contribution in [2.45, 2.75) is 17.6 Å². The highest BCUT2D eigenvalue weighted by atomic mass is 32.2. The summed E-state index contributed by atoms with van der Waals surface area (Å²) in [6.45, 7) is -0.0538. The summed E-state index contributed by atoms with van der Waals surface area (Å²) in [5, 5.41) is 3.93. The summed E-state index contributed by atoms with van der Waals surface area (Å²) in [7, 11) is 3.15. The molecule has 1 aromatic carbocycles. The molecule has 0 radical (unpaired) electrons. The molecule has 0 saturated carbocycles. The molecule has 0 aliphatic carbocycles. The molecule has 24 heavy (non-hydrogen) atoms. The molecule has 1 heterocycles. The van der Waals surface area contributed by atoms with Crippen LogP contribution in [-0.4, -0.2) is 43.4 Å². The second kappa shape index (κ2) is 6.73. The van der Waals surface area contributed by atoms with Gasteiger partial charge in [-0.1, -0.05) is 6.07 Å². The summed E-state index contributed by atoms with van der Waals surface area (Å²) in [4.78, 5) is 12.2. The molecule has 0 spiro atoms. The van der Waals surface area contributed by atoms with Crippen molar-refractivity contribution in [3.05, 3.63) is 36.2 Å². The van der Waals surface area contributed by atoms with Crippen molar-refractivity contribution in [1.82, 2.24) is 14.7 Å². The first-order valence-electron chi connectivity index (χ1n) is 6.63. The van der Waals surface area contributed by atoms with Gasteiger partial charge in [0.05, 0.1) is 11.8 Å². The molecule has 0 N–H and O–H groups in total. The molecule has 0 bridgehead atoms. The van der Waals surface area contributed by atoms with Gasteiger partial charge in [-0.25, -0.2) is 0 Å². The monoisotopic (exact) mass is 360 g/mol. The van der Waals surface area contributed by atoms with E-state index < -0.39 is 27.7 Å². The standard InChI is InChI=1S/C14H14F3N3O3S/c1-19(2)13(21)8-20-7-10(6-18-20)9-3-4-12(24(22)23)11(5-9)14(15,16)17/h3-7H,8H2,1-2H3,(H,22,23)/p-1. The number of carbonyl (C=O) groups excluding carboxylic acids is 1. The van der Waals surface area contributed by atoms with E-state index in [1.807, 2.05) is 0 Å². The number of likely N-dealkylation sites (N-methyl/N-ethyl adjacent to an activating group) is 1. The first kappa shape index (κ1) is 18.1. The first-order valence-corrected chi connectivity index (χ1v) is 7.70. The minimum Gasteiger partial charge on any atom is -0.768 e. The minimum absolute atomic E-state index is 0.0538. The molecule has 2 rings (SSSR count). The van der Waals surface area contributed by atoms with E-state index in [9.17, 15) is 26.7 Å². The van der Waals surface area contributed by atoms with Gasteiger partial charge in [-0.3, -0.25) is 13.7 Å². The van der Waals surface area contributed by atoms with Crippen molar-refractivity contribution in [2.24, 2.45) is 0 Å². The number of benzene rings is 1. The summed E-state index contributed by atoms with van der Waals surface area (Å²) >= 11 is -3.00. The smallest absolute Gasteiger partial charge is 0.417 e. The predicted molar refractivity (Wildman–Crippen MR) is 78.5 cm³/mol. The maximum Gasteiger partial charge on any atom is 0.417 e. The van der Waals surface area contributed by atoms with Gasteiger partial charge >= 0.3 is 6.18 Å². The lowest BCUT2D eigenvalue weighted by Gasteiger charge is -2.15. The fraction of sp³-hybridized carbons (Fsp3) is 0.286. The van der Waals surface area contributed by atoms with Crippen LogP contribution in [-0.2, 0) is 28.6 Å². The van der Waals surface area contributed by atoms with Crippen molar-refractivity contribution < 1.29 is 26.7 Å². The van der Waals surface area contributed by atoms with Gasteiger partial charge in [-0.05, 0) is 28.8 Å². The Morgan fingerprint density at radius 1 is 1.33 bits per heavy atom. The fourth-order valence-electron chi connectivity index (χ4n) is 1.96. The van der Waals surface area contributed by atoms with Gasteiger partial charge in [0, 0.05) is 30.8 Å². The number of aromatic nitrogens is 2. The highest BCUT2D eigenvalue weighted by molar-refractivity contribution is 7.79. The van der Waals surface area contributed by atoms with Gasteiger partial charge in [-0.15, -0.1) is 0 Å². The topological polar surface area (TPSA) is 78.3 Å². The lowest BCUT2D eigenvalue weighted by molar-refractivity contribution is -0.139. The number of halogens is 3. The van der Waals surface area contributed by atoms with Gasteiger partial charge in [0.25, 0.3) is 0 Å². The van der Waals surface area contributed by atoms with Crippen LogP contribution in [0.3, 0.4) is 0 Å². The number of alkyl halides is 3. The van der Waals surface area contributed by atoms with Crippen LogP contribution in [0.2, 0.25) is 0 Å². The maximum atomic E-state index is 13.0. The van der Waals surface area contributed by atoms with Gasteiger partial charge in [0.1, 0.15) is 6.54 Å². The summed E-state index contributed by atoms with van der Waals surface area (Å²) < 4.78 is 62.3. The average molecular weight is 360 g/mol. The molecule has 10 heteroatoms. The van der Waals surface area contributed by atoms with Crippen LogP contribution >= 0.6 is 0 Å². The zero-order chi connectivity index (χ0) is 18.1. The Labute approximate surface area is 138 Å². The summed E-state index contributed by atoms with van der Waals surface area (Å²) in [6, 6.07) is 2.90. The Kier molecular flexibility index (Phi) is 5.09. The van der Waals surface area contributed by atoms with Gasteiger partial charge in [-0.2, -0.15) is 18.3 Å². The quantitative estimate of drug-likeness (QED) is 0.780. The summed E-state index contributed by atoms with van der Waals surface area (Å²) in [6.07, 6.45) is -2.07. The molecule has 2 aromatic rings. The zero-order valence-corrected chi connectivity index (χ0v) is 13.5. The number of carbonyl (C=O) groups is 1. The molecule has 0 aliphatic heterocycles. The van der Waals surface area contributed by atoms with E-state index in [1.165, 1.54) is 28.0 Å². The third-order valence-electron chi connectivity index (χ3n) is 3.23. The van der Waals surface area contributed by atoms with E-state index in [-0.39, 0.29) is 18.0 Å². The molecule has 130 valence electrons. The van der Waals surface area contributed by atoms with Crippen LogP contribution in [0.4, 0.5) is 13.2 Å². The molecule has 1 unspecified atom stereocenters. The van der Waals surface area contributed by atoms with E-state index in [4.69, 9.17) is 0 Å². The van der Waals surface area contributed by atoms with E-state index >= 15 is 0 Å². The fourth-order valence-corrected chi connectivity index (χ4v) is 2.49. The SMILES string of the molecule is CN(C)C(=O)Cn1cc(-c2ccc(S(=O)[O-])c(C(F)(F)F)c2)cn1. The number of rotatable bonds is 4. The van der Waals surface area contributed by atoms with Crippen molar-refractivity contribution in [3.63, 3.8) is 0 Å². The number of hydrogen-bond acceptors (Lipinski definition) is 4. The Morgan fingerprint density at radius 2 is 2.00 bits per heavy atom. The lowest BCUT2D eigenvalue weighted by Crippen LogP contribution is -2.26. The van der Waals surface area contributed by atoms with E-state index in [1.54, 1.807) is 14.1 Å². The van der Waals surface area contributed by atoms with Gasteiger partial charge in [0.15, 0.2) is 0 Å². The predicted octanol–water partition coefficient (Wildman–Crippen LogP) is 1.90. The zero-order valence-electron chi connectivity index (χ0n) is 12.7. The summed E-state index contributed by atoms with van der Waals surface area (Å²) in [5.74, 6) is -0.224. The van der Waals surface area contributed by atoms with Crippen LogP contribution in [0, 0.1) is 0 Å². The maximum absolute atomic E-state index is 13.0. The molecular weight excluding hydrogens is 347 g/mol. The van der Waals surface area contributed by atoms with Crippen molar-refractivity contribution in [1.29, 1.82) is 0 Å². The molecular formula is C14H13F3N3O3S-. The van der Waals surface area contributed by atoms with Crippen LogP contribution < -0.4 is 0 Å². The Morgan fingerprint density at radius 3 is 2.54 bits per heavy atom. The van der Waals surface area contributed by atoms with Crippen LogP contribution in [0.1, 0.15) is 5.56 Å². The molecule has 0 fully saturated rings. The molecule has 6 nitrogen and oxygen atoms in total. The molecule has 0 saturated heterocycles. The number of nitrogens with zero attached hydrogens (tertiary/aromatic N) is 3. The van der Waals surface area contributed by atoms with E-state index in [2.05, 4.69) is 5.10 Å². The van der Waals surface area contributed by atoms with Crippen LogP contribution in [0.25, 0.3) is 11.1 Å². The normalized spacial score (nSPS) is 12.9. The minimum atomic E-state index is -4.80. The van der Waals surface area contributed by atoms with Crippen molar-refractivity contribution in [3.8, 4) is 11.1 Å². The first-order chi connectivity index (χ1) is 11.1.